The number of benzene rings is 1. The van der Waals surface area contributed by atoms with Crippen molar-refractivity contribution in [1.29, 1.82) is 0 Å². The molecule has 140 valence electrons. The first-order valence-electron chi connectivity index (χ1n) is 8.91. The lowest BCUT2D eigenvalue weighted by atomic mass is 9.95. The molecule has 4 rings (SSSR count). The Morgan fingerprint density at radius 1 is 1.31 bits per heavy atom. The lowest BCUT2D eigenvalue weighted by Gasteiger charge is -2.33. The van der Waals surface area contributed by atoms with Crippen LogP contribution in [0.5, 0.6) is 0 Å². The van der Waals surface area contributed by atoms with Gasteiger partial charge in [-0.3, -0.25) is 14.7 Å². The molecular weight excluding hydrogens is 354 g/mol. The molecule has 0 saturated carbocycles. The highest BCUT2D eigenvalue weighted by molar-refractivity contribution is 5.98. The predicted octanol–water partition coefficient (Wildman–Crippen LogP) is 1.17. The van der Waals surface area contributed by atoms with Gasteiger partial charge in [-0.1, -0.05) is 0 Å². The van der Waals surface area contributed by atoms with Crippen LogP contribution in [0.15, 0.2) is 24.4 Å². The summed E-state index contributed by atoms with van der Waals surface area (Å²) in [6.45, 7) is 3.89. The van der Waals surface area contributed by atoms with E-state index in [1.165, 1.54) is 0 Å². The normalized spacial score (nSPS) is 20.3. The molecule has 2 saturated heterocycles. The number of nitrogens with zero attached hydrogens (tertiary/aromatic N) is 2. The number of aromatic nitrogens is 2. The van der Waals surface area contributed by atoms with E-state index in [2.05, 4.69) is 20.8 Å². The van der Waals surface area contributed by atoms with Crippen molar-refractivity contribution < 1.29 is 9.59 Å². The van der Waals surface area contributed by atoms with Crippen molar-refractivity contribution in [2.75, 3.05) is 32.7 Å². The van der Waals surface area contributed by atoms with Gasteiger partial charge in [-0.2, -0.15) is 5.10 Å². The molecular formula is C18H24ClN5O2. The van der Waals surface area contributed by atoms with Crippen LogP contribution in [0.1, 0.15) is 23.2 Å². The topological polar surface area (TPSA) is 90.1 Å². The van der Waals surface area contributed by atoms with E-state index in [9.17, 15) is 9.59 Å². The van der Waals surface area contributed by atoms with Gasteiger partial charge in [-0.15, -0.1) is 12.4 Å². The van der Waals surface area contributed by atoms with E-state index in [-0.39, 0.29) is 30.1 Å². The number of nitrogens with one attached hydrogen (secondary N) is 3. The molecule has 8 heteroatoms. The number of halogens is 1. The van der Waals surface area contributed by atoms with Crippen molar-refractivity contribution in [3.8, 4) is 0 Å². The molecule has 0 aliphatic carbocycles. The summed E-state index contributed by atoms with van der Waals surface area (Å²) in [6.07, 6.45) is 3.43. The zero-order valence-corrected chi connectivity index (χ0v) is 15.3. The summed E-state index contributed by atoms with van der Waals surface area (Å²) in [5.74, 6) is 0.508. The second-order valence-electron chi connectivity index (χ2n) is 7.03. The molecule has 0 spiro atoms. The number of fused-ring (bicyclic) bond motifs is 1. The standard InChI is InChI=1S/C18H23N5O2.ClH/c24-17(20-9-12-7-19-8-12)14-2-1-5-23(11-14)18(25)13-3-4-16-15(6-13)10-21-22-16;/h3-4,6,10,12,14,19H,1-2,5,7-9,11H2,(H,20,24)(H,21,22);1H. The molecule has 1 aromatic carbocycles. The van der Waals surface area contributed by atoms with Crippen molar-refractivity contribution in [1.82, 2.24) is 25.7 Å². The molecule has 26 heavy (non-hydrogen) atoms. The minimum absolute atomic E-state index is 0. The second-order valence-corrected chi connectivity index (χ2v) is 7.03. The summed E-state index contributed by atoms with van der Waals surface area (Å²) in [4.78, 5) is 27.0. The monoisotopic (exact) mass is 377 g/mol. The Labute approximate surface area is 158 Å². The largest absolute Gasteiger partial charge is 0.355 e. The average molecular weight is 378 g/mol. The molecule has 1 unspecified atom stereocenters. The maximum absolute atomic E-state index is 12.8. The van der Waals surface area contributed by atoms with Gasteiger partial charge in [0.15, 0.2) is 0 Å². The Bertz CT molecular complexity index is 789. The van der Waals surface area contributed by atoms with Gasteiger partial charge in [-0.05, 0) is 31.0 Å². The molecule has 0 bridgehead atoms. The van der Waals surface area contributed by atoms with Gasteiger partial charge >= 0.3 is 0 Å². The van der Waals surface area contributed by atoms with Gasteiger partial charge in [-0.25, -0.2) is 0 Å². The van der Waals surface area contributed by atoms with E-state index in [1.54, 1.807) is 11.1 Å². The predicted molar refractivity (Wildman–Crippen MR) is 101 cm³/mol. The molecule has 7 nitrogen and oxygen atoms in total. The first-order valence-corrected chi connectivity index (χ1v) is 8.91. The fraction of sp³-hybridized carbons (Fsp3) is 0.500. The highest BCUT2D eigenvalue weighted by Crippen LogP contribution is 2.21. The van der Waals surface area contributed by atoms with E-state index in [1.807, 2.05) is 18.2 Å². The van der Waals surface area contributed by atoms with Gasteiger partial charge in [0.05, 0.1) is 17.6 Å². The summed E-state index contributed by atoms with van der Waals surface area (Å²) < 4.78 is 0. The van der Waals surface area contributed by atoms with Crippen LogP contribution in [0.25, 0.3) is 10.9 Å². The summed E-state index contributed by atoms with van der Waals surface area (Å²) in [5.41, 5.74) is 1.56. The van der Waals surface area contributed by atoms with Crippen LogP contribution in [0.2, 0.25) is 0 Å². The number of H-pyrrole nitrogens is 1. The number of hydrogen-bond donors (Lipinski definition) is 3. The number of likely N-dealkylation sites (tertiary alicyclic amines) is 1. The van der Waals surface area contributed by atoms with E-state index in [0.29, 0.717) is 24.6 Å². The first-order chi connectivity index (χ1) is 12.2. The minimum Gasteiger partial charge on any atom is -0.355 e. The van der Waals surface area contributed by atoms with Crippen LogP contribution in [0, 0.1) is 11.8 Å². The molecule has 1 atom stereocenters. The van der Waals surface area contributed by atoms with Crippen molar-refractivity contribution in [2.24, 2.45) is 11.8 Å². The van der Waals surface area contributed by atoms with Crippen LogP contribution in [0.4, 0.5) is 0 Å². The number of aromatic amines is 1. The Hall–Kier alpha value is -2.12. The van der Waals surface area contributed by atoms with Crippen LogP contribution in [0.3, 0.4) is 0 Å². The lowest BCUT2D eigenvalue weighted by molar-refractivity contribution is -0.126. The molecule has 2 aromatic rings. The van der Waals surface area contributed by atoms with E-state index in [4.69, 9.17) is 0 Å². The SMILES string of the molecule is Cl.O=C(NCC1CNC1)C1CCCN(C(=O)c2ccc3[nH]ncc3c2)C1. The third-order valence-electron chi connectivity index (χ3n) is 5.20. The number of carbonyl (C=O) groups is 2. The molecule has 2 aliphatic rings. The van der Waals surface area contributed by atoms with Gasteiger partial charge in [0.1, 0.15) is 0 Å². The maximum Gasteiger partial charge on any atom is 0.253 e. The Balaban J connectivity index is 0.00000196. The number of amides is 2. The molecule has 3 N–H and O–H groups in total. The number of piperidine rings is 1. The van der Waals surface area contributed by atoms with Gasteiger partial charge in [0.25, 0.3) is 5.91 Å². The fourth-order valence-electron chi connectivity index (χ4n) is 3.52. The summed E-state index contributed by atoms with van der Waals surface area (Å²) >= 11 is 0. The van der Waals surface area contributed by atoms with Crippen molar-refractivity contribution in [3.05, 3.63) is 30.0 Å². The van der Waals surface area contributed by atoms with Crippen molar-refractivity contribution in [2.45, 2.75) is 12.8 Å². The lowest BCUT2D eigenvalue weighted by Crippen LogP contribution is -2.50. The minimum atomic E-state index is -0.108. The van der Waals surface area contributed by atoms with Crippen LogP contribution in [-0.2, 0) is 4.79 Å². The van der Waals surface area contributed by atoms with Crippen LogP contribution < -0.4 is 10.6 Å². The molecule has 2 amide bonds. The molecule has 2 fully saturated rings. The maximum atomic E-state index is 12.8. The van der Waals surface area contributed by atoms with Crippen LogP contribution in [-0.4, -0.2) is 59.6 Å². The van der Waals surface area contributed by atoms with Crippen molar-refractivity contribution in [3.63, 3.8) is 0 Å². The number of hydrogen-bond acceptors (Lipinski definition) is 4. The summed E-state index contributed by atoms with van der Waals surface area (Å²) in [7, 11) is 0. The van der Waals surface area contributed by atoms with Crippen LogP contribution >= 0.6 is 12.4 Å². The zero-order chi connectivity index (χ0) is 17.2. The van der Waals surface area contributed by atoms with Gasteiger partial charge < -0.3 is 15.5 Å². The van der Waals surface area contributed by atoms with Gasteiger partial charge in [0, 0.05) is 49.6 Å². The highest BCUT2D eigenvalue weighted by Gasteiger charge is 2.29. The van der Waals surface area contributed by atoms with E-state index < -0.39 is 0 Å². The molecule has 2 aliphatic heterocycles. The molecule has 0 radical (unpaired) electrons. The van der Waals surface area contributed by atoms with Crippen molar-refractivity contribution >= 4 is 35.1 Å². The van der Waals surface area contributed by atoms with E-state index >= 15 is 0 Å². The second kappa shape index (κ2) is 8.05. The Kier molecular flexibility index (Phi) is 5.78. The zero-order valence-electron chi connectivity index (χ0n) is 14.5. The molecule has 1 aromatic heterocycles. The third-order valence-corrected chi connectivity index (χ3v) is 5.20. The quantitative estimate of drug-likeness (QED) is 0.746. The summed E-state index contributed by atoms with van der Waals surface area (Å²) in [6, 6.07) is 5.54. The highest BCUT2D eigenvalue weighted by atomic mass is 35.5. The third kappa shape index (κ3) is 3.83. The smallest absolute Gasteiger partial charge is 0.253 e. The fourth-order valence-corrected chi connectivity index (χ4v) is 3.52. The number of rotatable bonds is 4. The number of carbonyl (C=O) groups excluding carboxylic acids is 2. The summed E-state index contributed by atoms with van der Waals surface area (Å²) in [5, 5.41) is 14.0. The first kappa shape index (κ1) is 18.7. The Morgan fingerprint density at radius 3 is 2.92 bits per heavy atom. The van der Waals surface area contributed by atoms with Gasteiger partial charge in [0.2, 0.25) is 5.91 Å². The molecule has 3 heterocycles. The van der Waals surface area contributed by atoms with E-state index in [0.717, 1.165) is 43.4 Å². The Morgan fingerprint density at radius 2 is 2.15 bits per heavy atom. The average Bonchev–Trinajstić information content (AvgIpc) is 3.07.